The minimum Gasteiger partial charge on any atom is -0.369 e. The van der Waals surface area contributed by atoms with E-state index in [2.05, 4.69) is 10.3 Å². The van der Waals surface area contributed by atoms with Crippen molar-refractivity contribution in [1.82, 2.24) is 14.9 Å². The third-order valence-corrected chi connectivity index (χ3v) is 2.96. The molecule has 1 fully saturated rings. The van der Waals surface area contributed by atoms with Crippen molar-refractivity contribution in [3.8, 4) is 0 Å². The smallest absolute Gasteiger partial charge is 0.369 e. The predicted molar refractivity (Wildman–Crippen MR) is 59.2 cm³/mol. The molecule has 4 nitrogen and oxygen atoms in total. The van der Waals surface area contributed by atoms with E-state index in [1.54, 1.807) is 10.8 Å². The first-order valence-electron chi connectivity index (χ1n) is 5.88. The largest absolute Gasteiger partial charge is 0.391 e. The van der Waals surface area contributed by atoms with Crippen LogP contribution in [0, 0.1) is 0 Å². The van der Waals surface area contributed by atoms with Crippen molar-refractivity contribution in [2.24, 2.45) is 0 Å². The number of nitrogens with zero attached hydrogens (tertiary/aromatic N) is 2. The van der Waals surface area contributed by atoms with E-state index in [1.807, 2.05) is 0 Å². The van der Waals surface area contributed by atoms with Gasteiger partial charge in [-0.1, -0.05) is 0 Å². The van der Waals surface area contributed by atoms with Gasteiger partial charge < -0.3 is 14.6 Å². The third-order valence-electron chi connectivity index (χ3n) is 2.96. The Bertz CT molecular complexity index is 385. The molecule has 0 aromatic carbocycles. The van der Waals surface area contributed by atoms with Gasteiger partial charge in [0.15, 0.2) is 0 Å². The van der Waals surface area contributed by atoms with Crippen molar-refractivity contribution < 1.29 is 17.9 Å². The number of ether oxygens (including phenoxy) is 1. The fourth-order valence-electron chi connectivity index (χ4n) is 2.12. The molecule has 1 saturated heterocycles. The number of rotatable bonds is 3. The summed E-state index contributed by atoms with van der Waals surface area (Å²) in [5.41, 5.74) is 0.693. The molecule has 0 radical (unpaired) electrons. The molecule has 1 N–H and O–H groups in total. The molecule has 1 aromatic heterocycles. The highest BCUT2D eigenvalue weighted by Crippen LogP contribution is 2.30. The first-order chi connectivity index (χ1) is 8.47. The molecule has 2 rings (SSSR count). The second-order valence-corrected chi connectivity index (χ2v) is 4.46. The van der Waals surface area contributed by atoms with Crippen LogP contribution in [0.2, 0.25) is 0 Å². The molecule has 0 bridgehead atoms. The Morgan fingerprint density at radius 2 is 2.39 bits per heavy atom. The van der Waals surface area contributed by atoms with E-state index in [4.69, 9.17) is 4.74 Å². The molecule has 2 heterocycles. The highest BCUT2D eigenvalue weighted by Gasteiger charge is 2.32. The van der Waals surface area contributed by atoms with Crippen LogP contribution in [0.1, 0.15) is 31.2 Å². The summed E-state index contributed by atoms with van der Waals surface area (Å²) in [6, 6.07) is -0.673. The molecule has 7 heteroatoms. The van der Waals surface area contributed by atoms with Crippen molar-refractivity contribution in [1.29, 1.82) is 0 Å². The number of imidazole rings is 1. The van der Waals surface area contributed by atoms with Crippen LogP contribution in [0.15, 0.2) is 12.5 Å². The van der Waals surface area contributed by atoms with Gasteiger partial charge in [-0.05, 0) is 6.92 Å². The summed E-state index contributed by atoms with van der Waals surface area (Å²) in [6.07, 6.45) is -2.26. The maximum atomic E-state index is 12.4. The molecule has 18 heavy (non-hydrogen) atoms. The molecule has 0 saturated carbocycles. The van der Waals surface area contributed by atoms with Gasteiger partial charge in [0.1, 0.15) is 6.10 Å². The first kappa shape index (κ1) is 13.4. The number of morpholine rings is 1. The summed E-state index contributed by atoms with van der Waals surface area (Å²) in [5, 5.41) is 3.15. The number of hydrogen-bond acceptors (Lipinski definition) is 3. The number of nitrogens with one attached hydrogen (secondary N) is 1. The van der Waals surface area contributed by atoms with E-state index in [1.165, 1.54) is 13.3 Å². The monoisotopic (exact) mass is 263 g/mol. The molecular formula is C11H16F3N3O. The van der Waals surface area contributed by atoms with Gasteiger partial charge in [0.05, 0.1) is 31.2 Å². The van der Waals surface area contributed by atoms with Crippen LogP contribution in [-0.2, 0) is 4.74 Å². The molecular weight excluding hydrogens is 247 g/mol. The van der Waals surface area contributed by atoms with Crippen LogP contribution in [-0.4, -0.2) is 35.4 Å². The Morgan fingerprint density at radius 1 is 1.61 bits per heavy atom. The number of halogens is 3. The highest BCUT2D eigenvalue weighted by molar-refractivity contribution is 5.06. The lowest BCUT2D eigenvalue weighted by Gasteiger charge is -2.26. The number of aromatic nitrogens is 2. The molecule has 2 atom stereocenters. The summed E-state index contributed by atoms with van der Waals surface area (Å²) in [4.78, 5) is 3.94. The van der Waals surface area contributed by atoms with Gasteiger partial charge in [-0.15, -0.1) is 0 Å². The summed E-state index contributed by atoms with van der Waals surface area (Å²) >= 11 is 0. The van der Waals surface area contributed by atoms with Crippen LogP contribution in [0.5, 0.6) is 0 Å². The maximum absolute atomic E-state index is 12.4. The predicted octanol–water partition coefficient (Wildman–Crippen LogP) is 2.06. The van der Waals surface area contributed by atoms with Crippen molar-refractivity contribution >= 4 is 0 Å². The zero-order chi connectivity index (χ0) is 13.2. The van der Waals surface area contributed by atoms with Gasteiger partial charge in [0, 0.05) is 19.1 Å². The molecule has 0 aliphatic carbocycles. The van der Waals surface area contributed by atoms with E-state index in [0.717, 1.165) is 6.54 Å². The topological polar surface area (TPSA) is 39.1 Å². The Balaban J connectivity index is 2.11. The van der Waals surface area contributed by atoms with E-state index >= 15 is 0 Å². The van der Waals surface area contributed by atoms with E-state index in [9.17, 15) is 13.2 Å². The van der Waals surface area contributed by atoms with Gasteiger partial charge in [-0.3, -0.25) is 0 Å². The average molecular weight is 263 g/mol. The number of alkyl halides is 3. The molecule has 2 unspecified atom stereocenters. The minimum atomic E-state index is -4.17. The zero-order valence-corrected chi connectivity index (χ0v) is 10.1. The Morgan fingerprint density at radius 3 is 3.00 bits per heavy atom. The van der Waals surface area contributed by atoms with Gasteiger partial charge in [0.2, 0.25) is 0 Å². The van der Waals surface area contributed by atoms with Gasteiger partial charge in [0.25, 0.3) is 0 Å². The van der Waals surface area contributed by atoms with Crippen molar-refractivity contribution in [3.63, 3.8) is 0 Å². The van der Waals surface area contributed by atoms with E-state index in [0.29, 0.717) is 18.8 Å². The standard InChI is InChI=1S/C11H16F3N3O/c1-8(4-11(12,13)14)17-7-16-5-9(17)10-6-15-2-3-18-10/h5,7-8,10,15H,2-4,6H2,1H3. The van der Waals surface area contributed by atoms with Crippen LogP contribution in [0.3, 0.4) is 0 Å². The number of hydrogen-bond donors (Lipinski definition) is 1. The Labute approximate surface area is 103 Å². The average Bonchev–Trinajstić information content (AvgIpc) is 2.76. The van der Waals surface area contributed by atoms with Gasteiger partial charge >= 0.3 is 6.18 Å². The van der Waals surface area contributed by atoms with Crippen LogP contribution in [0.4, 0.5) is 13.2 Å². The molecule has 1 aliphatic rings. The maximum Gasteiger partial charge on any atom is 0.391 e. The molecule has 0 spiro atoms. The molecule has 102 valence electrons. The quantitative estimate of drug-likeness (QED) is 0.907. The van der Waals surface area contributed by atoms with Gasteiger partial charge in [-0.25, -0.2) is 4.98 Å². The fourth-order valence-corrected chi connectivity index (χ4v) is 2.12. The highest BCUT2D eigenvalue weighted by atomic mass is 19.4. The minimum absolute atomic E-state index is 0.225. The second kappa shape index (κ2) is 5.27. The second-order valence-electron chi connectivity index (χ2n) is 4.46. The summed E-state index contributed by atoms with van der Waals surface area (Å²) in [6.45, 7) is 3.46. The van der Waals surface area contributed by atoms with Crippen molar-refractivity contribution in [3.05, 3.63) is 18.2 Å². The van der Waals surface area contributed by atoms with E-state index < -0.39 is 18.6 Å². The summed E-state index contributed by atoms with van der Waals surface area (Å²) in [5.74, 6) is 0. The molecule has 0 amide bonds. The van der Waals surface area contributed by atoms with Gasteiger partial charge in [-0.2, -0.15) is 13.2 Å². The summed E-state index contributed by atoms with van der Waals surface area (Å²) in [7, 11) is 0. The lowest BCUT2D eigenvalue weighted by Crippen LogP contribution is -2.34. The molecule has 1 aromatic rings. The molecule has 1 aliphatic heterocycles. The van der Waals surface area contributed by atoms with Crippen LogP contribution >= 0.6 is 0 Å². The normalized spacial score (nSPS) is 23.0. The van der Waals surface area contributed by atoms with E-state index in [-0.39, 0.29) is 6.10 Å². The van der Waals surface area contributed by atoms with Crippen molar-refractivity contribution in [2.45, 2.75) is 31.7 Å². The summed E-state index contributed by atoms with van der Waals surface area (Å²) < 4.78 is 44.3. The Kier molecular flexibility index (Phi) is 3.91. The first-order valence-corrected chi connectivity index (χ1v) is 5.88. The van der Waals surface area contributed by atoms with Crippen molar-refractivity contribution in [2.75, 3.05) is 19.7 Å². The Hall–Kier alpha value is -1.08. The SMILES string of the molecule is CC(CC(F)(F)F)n1cncc1C1CNCCO1. The lowest BCUT2D eigenvalue weighted by molar-refractivity contribution is -0.142. The zero-order valence-electron chi connectivity index (χ0n) is 10.1. The lowest BCUT2D eigenvalue weighted by atomic mass is 10.2. The third kappa shape index (κ3) is 3.23. The van der Waals surface area contributed by atoms with Crippen LogP contribution in [0.25, 0.3) is 0 Å². The fraction of sp³-hybridized carbons (Fsp3) is 0.727. The van der Waals surface area contributed by atoms with Crippen LogP contribution < -0.4 is 5.32 Å².